The number of nitrogens with zero attached hydrogens (tertiary/aromatic N) is 3. The van der Waals surface area contributed by atoms with E-state index in [1.54, 1.807) is 19.2 Å². The lowest BCUT2D eigenvalue weighted by Gasteiger charge is -2.30. The first-order valence-electron chi connectivity index (χ1n) is 12.1. The van der Waals surface area contributed by atoms with Crippen LogP contribution in [-0.2, 0) is 17.8 Å². The van der Waals surface area contributed by atoms with Crippen molar-refractivity contribution in [3.8, 4) is 17.2 Å². The maximum Gasteiger partial charge on any atom is 0.161 e. The molecule has 1 aliphatic rings. The monoisotopic (exact) mass is 499 g/mol. The first-order chi connectivity index (χ1) is 17.4. The second-order valence-corrected chi connectivity index (χ2v) is 9.20. The van der Waals surface area contributed by atoms with Gasteiger partial charge < -0.3 is 24.1 Å². The quantitative estimate of drug-likeness (QED) is 0.405. The van der Waals surface area contributed by atoms with Gasteiger partial charge in [0, 0.05) is 38.8 Å². The van der Waals surface area contributed by atoms with E-state index in [-0.39, 0.29) is 19.0 Å². The second-order valence-electron chi connectivity index (χ2n) is 9.20. The van der Waals surface area contributed by atoms with Crippen molar-refractivity contribution >= 4 is 0 Å². The summed E-state index contributed by atoms with van der Waals surface area (Å²) in [5.41, 5.74) is 0.989. The molecule has 0 radical (unpaired) electrons. The van der Waals surface area contributed by atoms with Gasteiger partial charge in [0.2, 0.25) is 0 Å². The van der Waals surface area contributed by atoms with Crippen LogP contribution in [0, 0.1) is 12.7 Å². The lowest BCUT2D eigenvalue weighted by molar-refractivity contribution is -0.0646. The molecule has 0 saturated carbocycles. The molecule has 194 valence electrons. The van der Waals surface area contributed by atoms with Crippen molar-refractivity contribution in [2.24, 2.45) is 0 Å². The highest BCUT2D eigenvalue weighted by molar-refractivity contribution is 5.43. The number of β-amino-alcohol motifs (C(OH)–C–C–N with tert-alkyl or cyclic N) is 1. The third-order valence-corrected chi connectivity index (χ3v) is 5.95. The van der Waals surface area contributed by atoms with E-state index in [2.05, 4.69) is 10.00 Å². The zero-order chi connectivity index (χ0) is 25.4. The lowest BCUT2D eigenvalue weighted by Crippen LogP contribution is -2.48. The Labute approximate surface area is 211 Å². The molecule has 0 unspecified atom stereocenters. The average Bonchev–Trinajstić information content (AvgIpc) is 3.20. The molecule has 1 fully saturated rings. The van der Waals surface area contributed by atoms with E-state index in [0.29, 0.717) is 50.1 Å². The average molecular weight is 500 g/mol. The van der Waals surface area contributed by atoms with Gasteiger partial charge >= 0.3 is 0 Å². The van der Waals surface area contributed by atoms with Crippen molar-refractivity contribution in [3.63, 3.8) is 0 Å². The number of methoxy groups -OCH3 is 1. The molecular formula is C27H34FN3O5. The summed E-state index contributed by atoms with van der Waals surface area (Å²) >= 11 is 0. The van der Waals surface area contributed by atoms with Gasteiger partial charge in [-0.2, -0.15) is 5.10 Å². The van der Waals surface area contributed by atoms with Gasteiger partial charge in [-0.3, -0.25) is 9.58 Å². The normalized spacial score (nSPS) is 18.6. The van der Waals surface area contributed by atoms with E-state index >= 15 is 0 Å². The second kappa shape index (κ2) is 12.2. The van der Waals surface area contributed by atoms with Crippen LogP contribution in [0.3, 0.4) is 0 Å². The van der Waals surface area contributed by atoms with Crippen LogP contribution in [0.2, 0.25) is 0 Å². The van der Waals surface area contributed by atoms with Gasteiger partial charge in [0.1, 0.15) is 23.8 Å². The van der Waals surface area contributed by atoms with E-state index in [0.717, 1.165) is 24.1 Å². The topological polar surface area (TPSA) is 78.2 Å². The van der Waals surface area contributed by atoms with E-state index in [1.165, 1.54) is 12.1 Å². The maximum atomic E-state index is 13.1. The van der Waals surface area contributed by atoms with Crippen molar-refractivity contribution < 1.29 is 28.4 Å². The van der Waals surface area contributed by atoms with Crippen molar-refractivity contribution in [3.05, 3.63) is 71.8 Å². The number of rotatable bonds is 11. The maximum absolute atomic E-state index is 13.1. The molecule has 1 N–H and O–H groups in total. The Kier molecular flexibility index (Phi) is 8.79. The van der Waals surface area contributed by atoms with Crippen LogP contribution in [-0.4, -0.2) is 72.0 Å². The zero-order valence-electron chi connectivity index (χ0n) is 20.9. The van der Waals surface area contributed by atoms with Crippen LogP contribution in [0.4, 0.5) is 4.39 Å². The Morgan fingerprint density at radius 1 is 1.14 bits per heavy atom. The third kappa shape index (κ3) is 7.43. The van der Waals surface area contributed by atoms with Crippen LogP contribution in [0.15, 0.2) is 54.9 Å². The molecule has 0 aliphatic carbocycles. The van der Waals surface area contributed by atoms with Crippen LogP contribution >= 0.6 is 0 Å². The number of aryl methyl sites for hydroxylation is 2. The van der Waals surface area contributed by atoms with Crippen LogP contribution in [0.25, 0.3) is 0 Å². The van der Waals surface area contributed by atoms with Gasteiger partial charge in [0.15, 0.2) is 11.5 Å². The minimum atomic E-state index is -1.19. The molecule has 1 aliphatic heterocycles. The SMILES string of the molecule is COc1cc(CN2CCOC[C@](O)(COc3ccc(F)cc3)C2)ccc1OCCCn1cc(C)cn1. The Hall–Kier alpha value is -3.14. The molecule has 0 bridgehead atoms. The predicted octanol–water partition coefficient (Wildman–Crippen LogP) is 3.45. The Morgan fingerprint density at radius 2 is 1.97 bits per heavy atom. The van der Waals surface area contributed by atoms with Gasteiger partial charge in [-0.15, -0.1) is 0 Å². The van der Waals surface area contributed by atoms with Crippen LogP contribution in [0.5, 0.6) is 17.2 Å². The summed E-state index contributed by atoms with van der Waals surface area (Å²) in [6.45, 7) is 5.74. The number of ether oxygens (including phenoxy) is 4. The van der Waals surface area contributed by atoms with Crippen molar-refractivity contribution in [1.82, 2.24) is 14.7 Å². The number of aliphatic hydroxyl groups is 1. The van der Waals surface area contributed by atoms with Gasteiger partial charge in [-0.25, -0.2) is 4.39 Å². The molecular weight excluding hydrogens is 465 g/mol. The van der Waals surface area contributed by atoms with Gasteiger partial charge in [-0.05, 0) is 54.4 Å². The molecule has 1 saturated heterocycles. The fraction of sp³-hybridized carbons (Fsp3) is 0.444. The third-order valence-electron chi connectivity index (χ3n) is 5.95. The first-order valence-corrected chi connectivity index (χ1v) is 12.1. The van der Waals surface area contributed by atoms with Gasteiger partial charge in [0.05, 0.1) is 33.1 Å². The molecule has 1 atom stereocenters. The Morgan fingerprint density at radius 3 is 2.72 bits per heavy atom. The van der Waals surface area contributed by atoms with Crippen molar-refractivity contribution in [2.45, 2.75) is 32.0 Å². The van der Waals surface area contributed by atoms with Crippen molar-refractivity contribution in [1.29, 1.82) is 0 Å². The summed E-state index contributed by atoms with van der Waals surface area (Å²) in [6.07, 6.45) is 4.69. The van der Waals surface area contributed by atoms with Crippen LogP contribution in [0.1, 0.15) is 17.5 Å². The molecule has 0 spiro atoms. The summed E-state index contributed by atoms with van der Waals surface area (Å²) in [4.78, 5) is 2.13. The highest BCUT2D eigenvalue weighted by Gasteiger charge is 2.33. The molecule has 2 heterocycles. The Bertz CT molecular complexity index is 1110. The standard InChI is InChI=1S/C27H34FN3O5/c1-21-15-29-31(16-21)10-3-12-35-25-9-4-22(14-26(25)33-2)17-30-11-13-34-19-27(32,18-30)20-36-24-7-5-23(28)6-8-24/h4-9,14-16,32H,3,10-13,17-20H2,1-2H3/t27-/m0/s1. The molecule has 1 aromatic heterocycles. The van der Waals surface area contributed by atoms with Gasteiger partial charge in [0.25, 0.3) is 0 Å². The number of benzene rings is 2. The largest absolute Gasteiger partial charge is 0.493 e. The smallest absolute Gasteiger partial charge is 0.161 e. The number of aromatic nitrogens is 2. The fourth-order valence-electron chi connectivity index (χ4n) is 4.15. The Balaban J connectivity index is 1.31. The van der Waals surface area contributed by atoms with E-state index < -0.39 is 5.60 Å². The first kappa shape index (κ1) is 25.9. The molecule has 3 aromatic rings. The molecule has 8 nitrogen and oxygen atoms in total. The lowest BCUT2D eigenvalue weighted by atomic mass is 10.1. The summed E-state index contributed by atoms with van der Waals surface area (Å²) in [6, 6.07) is 11.6. The molecule has 4 rings (SSSR count). The molecule has 9 heteroatoms. The van der Waals surface area contributed by atoms with E-state index in [9.17, 15) is 9.50 Å². The minimum absolute atomic E-state index is 0.0450. The van der Waals surface area contributed by atoms with Crippen molar-refractivity contribution in [2.75, 3.05) is 46.6 Å². The number of hydrogen-bond acceptors (Lipinski definition) is 7. The summed E-state index contributed by atoms with van der Waals surface area (Å²) in [5.74, 6) is 1.53. The molecule has 2 aromatic carbocycles. The highest BCUT2D eigenvalue weighted by atomic mass is 19.1. The molecule has 0 amide bonds. The predicted molar refractivity (Wildman–Crippen MR) is 133 cm³/mol. The molecule has 36 heavy (non-hydrogen) atoms. The minimum Gasteiger partial charge on any atom is -0.493 e. The van der Waals surface area contributed by atoms with E-state index in [4.69, 9.17) is 18.9 Å². The summed E-state index contributed by atoms with van der Waals surface area (Å²) in [7, 11) is 1.63. The summed E-state index contributed by atoms with van der Waals surface area (Å²) in [5, 5.41) is 15.4. The van der Waals surface area contributed by atoms with Gasteiger partial charge in [-0.1, -0.05) is 6.07 Å². The fourth-order valence-corrected chi connectivity index (χ4v) is 4.15. The van der Waals surface area contributed by atoms with Crippen LogP contribution < -0.4 is 14.2 Å². The number of halogens is 1. The van der Waals surface area contributed by atoms with E-state index in [1.807, 2.05) is 42.2 Å². The number of hydrogen-bond donors (Lipinski definition) is 1. The summed E-state index contributed by atoms with van der Waals surface area (Å²) < 4.78 is 38.0. The highest BCUT2D eigenvalue weighted by Crippen LogP contribution is 2.29. The zero-order valence-corrected chi connectivity index (χ0v) is 20.9.